The molecular weight excluding hydrogens is 246 g/mol. The van der Waals surface area contributed by atoms with Crippen LogP contribution in [0.1, 0.15) is 26.3 Å². The molecule has 2 rings (SSSR count). The van der Waals surface area contributed by atoms with E-state index in [9.17, 15) is 0 Å². The fourth-order valence-electron chi connectivity index (χ4n) is 2.45. The van der Waals surface area contributed by atoms with Crippen LogP contribution < -0.4 is 5.73 Å². The first kappa shape index (κ1) is 13.2. The number of halogens is 1. The van der Waals surface area contributed by atoms with Crippen LogP contribution in [0.5, 0.6) is 0 Å². The molecule has 0 aromatic heterocycles. The van der Waals surface area contributed by atoms with E-state index < -0.39 is 0 Å². The fraction of sp³-hybridized carbons (Fsp3) is 0.500. The molecule has 1 aromatic rings. The van der Waals surface area contributed by atoms with Crippen LogP contribution >= 0.6 is 11.6 Å². The van der Waals surface area contributed by atoms with Gasteiger partial charge in [-0.3, -0.25) is 4.99 Å². The molecule has 0 spiro atoms. The van der Waals surface area contributed by atoms with Crippen molar-refractivity contribution in [2.45, 2.75) is 26.3 Å². The van der Waals surface area contributed by atoms with Crippen molar-refractivity contribution in [3.8, 4) is 0 Å². The molecule has 1 atom stereocenters. The zero-order valence-corrected chi connectivity index (χ0v) is 11.9. The van der Waals surface area contributed by atoms with Crippen molar-refractivity contribution in [1.82, 2.24) is 4.90 Å². The second-order valence-electron chi connectivity index (χ2n) is 5.43. The maximum atomic E-state index is 6.33. The number of hydrogen-bond acceptors (Lipinski definition) is 3. The van der Waals surface area contributed by atoms with E-state index in [1.807, 2.05) is 18.2 Å². The number of nitrogens with zero attached hydrogens (tertiary/aromatic N) is 2. The summed E-state index contributed by atoms with van der Waals surface area (Å²) in [5.41, 5.74) is 6.89. The summed E-state index contributed by atoms with van der Waals surface area (Å²) in [4.78, 5) is 6.57. The molecule has 0 amide bonds. The van der Waals surface area contributed by atoms with Gasteiger partial charge in [-0.15, -0.1) is 0 Å². The lowest BCUT2D eigenvalue weighted by atomic mass is 9.90. The van der Waals surface area contributed by atoms with Crippen LogP contribution in [0.3, 0.4) is 0 Å². The topological polar surface area (TPSA) is 41.6 Å². The van der Waals surface area contributed by atoms with Crippen molar-refractivity contribution in [2.75, 3.05) is 13.1 Å². The molecule has 0 fully saturated rings. The maximum absolute atomic E-state index is 6.33. The standard InChI is InChI=1S/C14H20ClN3/c1-10(2)8-18-13(16)17-9-14(18,3)11-6-4-5-7-12(11)15/h4-7,10H,8-9H2,1-3H3,(H2,16,17). The Balaban J connectivity index is 2.39. The van der Waals surface area contributed by atoms with E-state index in [4.69, 9.17) is 17.3 Å². The second kappa shape index (κ2) is 4.81. The van der Waals surface area contributed by atoms with E-state index in [0.717, 1.165) is 17.1 Å². The van der Waals surface area contributed by atoms with Crippen LogP contribution in [0.15, 0.2) is 29.3 Å². The number of nitrogens with two attached hydrogens (primary N) is 1. The number of guanidine groups is 1. The van der Waals surface area contributed by atoms with E-state index in [1.165, 1.54) is 0 Å². The predicted octanol–water partition coefficient (Wildman–Crippen LogP) is 2.84. The zero-order valence-electron chi connectivity index (χ0n) is 11.2. The molecule has 2 N–H and O–H groups in total. The van der Waals surface area contributed by atoms with Gasteiger partial charge in [0.15, 0.2) is 5.96 Å². The molecule has 0 radical (unpaired) electrons. The van der Waals surface area contributed by atoms with E-state index in [1.54, 1.807) is 0 Å². The highest BCUT2D eigenvalue weighted by molar-refractivity contribution is 6.31. The summed E-state index contributed by atoms with van der Waals surface area (Å²) in [5.74, 6) is 1.14. The van der Waals surface area contributed by atoms with E-state index in [-0.39, 0.29) is 5.54 Å². The lowest BCUT2D eigenvalue weighted by Gasteiger charge is -2.38. The van der Waals surface area contributed by atoms with Crippen LogP contribution in [-0.2, 0) is 5.54 Å². The Bertz CT molecular complexity index is 470. The lowest BCUT2D eigenvalue weighted by molar-refractivity contribution is 0.204. The molecule has 98 valence electrons. The molecule has 3 nitrogen and oxygen atoms in total. The van der Waals surface area contributed by atoms with Gasteiger partial charge in [-0.25, -0.2) is 0 Å². The van der Waals surface area contributed by atoms with Crippen LogP contribution in [0.25, 0.3) is 0 Å². The molecule has 0 bridgehead atoms. The largest absolute Gasteiger partial charge is 0.370 e. The third-order valence-electron chi connectivity index (χ3n) is 3.42. The molecule has 1 heterocycles. The Morgan fingerprint density at radius 1 is 1.44 bits per heavy atom. The Morgan fingerprint density at radius 3 is 2.72 bits per heavy atom. The average molecular weight is 266 g/mol. The quantitative estimate of drug-likeness (QED) is 0.913. The van der Waals surface area contributed by atoms with Gasteiger partial charge in [-0.2, -0.15) is 0 Å². The summed E-state index contributed by atoms with van der Waals surface area (Å²) in [5, 5.41) is 0.777. The first-order valence-corrected chi connectivity index (χ1v) is 6.65. The van der Waals surface area contributed by atoms with E-state index in [2.05, 4.69) is 36.7 Å². The summed E-state index contributed by atoms with van der Waals surface area (Å²) in [6.45, 7) is 8.06. The van der Waals surface area contributed by atoms with Gasteiger partial charge in [-0.05, 0) is 24.5 Å². The normalized spacial score (nSPS) is 23.6. The Kier molecular flexibility index (Phi) is 3.53. The van der Waals surface area contributed by atoms with Crippen molar-refractivity contribution in [3.63, 3.8) is 0 Å². The monoisotopic (exact) mass is 265 g/mol. The Labute approximate surface area is 114 Å². The van der Waals surface area contributed by atoms with Gasteiger partial charge < -0.3 is 10.6 Å². The van der Waals surface area contributed by atoms with Gasteiger partial charge in [0.2, 0.25) is 0 Å². The summed E-state index contributed by atoms with van der Waals surface area (Å²) < 4.78 is 0. The molecule has 0 saturated heterocycles. The average Bonchev–Trinajstić information content (AvgIpc) is 2.58. The summed E-state index contributed by atoms with van der Waals surface area (Å²) >= 11 is 6.33. The summed E-state index contributed by atoms with van der Waals surface area (Å²) in [6.07, 6.45) is 0. The molecule has 1 unspecified atom stereocenters. The third kappa shape index (κ3) is 2.19. The van der Waals surface area contributed by atoms with Gasteiger partial charge in [-0.1, -0.05) is 43.6 Å². The van der Waals surface area contributed by atoms with E-state index in [0.29, 0.717) is 18.4 Å². The highest BCUT2D eigenvalue weighted by Crippen LogP contribution is 2.36. The fourth-order valence-corrected chi connectivity index (χ4v) is 2.79. The van der Waals surface area contributed by atoms with Crippen molar-refractivity contribution in [2.24, 2.45) is 16.6 Å². The molecule has 1 aliphatic rings. The lowest BCUT2D eigenvalue weighted by Crippen LogP contribution is -2.49. The number of aliphatic imine (C=N–C) groups is 1. The van der Waals surface area contributed by atoms with Crippen LogP contribution in [0, 0.1) is 5.92 Å². The Morgan fingerprint density at radius 2 is 2.11 bits per heavy atom. The molecular formula is C14H20ClN3. The summed E-state index contributed by atoms with van der Waals surface area (Å²) in [7, 11) is 0. The van der Waals surface area contributed by atoms with Gasteiger partial charge in [0, 0.05) is 11.6 Å². The van der Waals surface area contributed by atoms with Crippen LogP contribution in [-0.4, -0.2) is 23.9 Å². The second-order valence-corrected chi connectivity index (χ2v) is 5.84. The van der Waals surface area contributed by atoms with Crippen LogP contribution in [0.4, 0.5) is 0 Å². The molecule has 1 aliphatic heterocycles. The minimum absolute atomic E-state index is 0.229. The smallest absolute Gasteiger partial charge is 0.192 e. The van der Waals surface area contributed by atoms with Crippen molar-refractivity contribution >= 4 is 17.6 Å². The molecule has 18 heavy (non-hydrogen) atoms. The maximum Gasteiger partial charge on any atom is 0.192 e. The van der Waals surface area contributed by atoms with Gasteiger partial charge in [0.05, 0.1) is 12.1 Å². The number of hydrogen-bond donors (Lipinski definition) is 1. The van der Waals surface area contributed by atoms with Crippen molar-refractivity contribution in [1.29, 1.82) is 0 Å². The highest BCUT2D eigenvalue weighted by Gasteiger charge is 2.40. The molecule has 0 saturated carbocycles. The first-order valence-electron chi connectivity index (χ1n) is 6.27. The van der Waals surface area contributed by atoms with Gasteiger partial charge in [0.1, 0.15) is 0 Å². The predicted molar refractivity (Wildman–Crippen MR) is 76.8 cm³/mol. The highest BCUT2D eigenvalue weighted by atomic mass is 35.5. The van der Waals surface area contributed by atoms with Crippen molar-refractivity contribution in [3.05, 3.63) is 34.9 Å². The minimum atomic E-state index is -0.229. The minimum Gasteiger partial charge on any atom is -0.370 e. The molecule has 0 aliphatic carbocycles. The molecule has 1 aromatic carbocycles. The Hall–Kier alpha value is -1.22. The van der Waals surface area contributed by atoms with Crippen LogP contribution in [0.2, 0.25) is 5.02 Å². The molecule has 4 heteroatoms. The zero-order chi connectivity index (χ0) is 13.3. The van der Waals surface area contributed by atoms with Crippen molar-refractivity contribution < 1.29 is 0 Å². The third-order valence-corrected chi connectivity index (χ3v) is 3.75. The number of benzene rings is 1. The van der Waals surface area contributed by atoms with E-state index >= 15 is 0 Å². The SMILES string of the molecule is CC(C)CN1C(N)=NCC1(C)c1ccccc1Cl. The first-order chi connectivity index (χ1) is 8.45. The summed E-state index contributed by atoms with van der Waals surface area (Å²) in [6, 6.07) is 7.93. The number of rotatable bonds is 3. The van der Waals surface area contributed by atoms with Gasteiger partial charge >= 0.3 is 0 Å². The van der Waals surface area contributed by atoms with Gasteiger partial charge in [0.25, 0.3) is 0 Å².